The van der Waals surface area contributed by atoms with Crippen LogP contribution in [0.1, 0.15) is 16.7 Å². The molecule has 0 spiro atoms. The van der Waals surface area contributed by atoms with Crippen molar-refractivity contribution in [3.63, 3.8) is 0 Å². The van der Waals surface area contributed by atoms with Gasteiger partial charge < -0.3 is 9.47 Å². The second-order valence-electron chi connectivity index (χ2n) is 5.59. The molecule has 0 fully saturated rings. The van der Waals surface area contributed by atoms with E-state index in [9.17, 15) is 13.2 Å². The van der Waals surface area contributed by atoms with E-state index in [4.69, 9.17) is 4.74 Å². The van der Waals surface area contributed by atoms with Gasteiger partial charge in [-0.3, -0.25) is 0 Å². The molecule has 0 atom stereocenters. The van der Waals surface area contributed by atoms with Crippen molar-refractivity contribution < 1.29 is 22.7 Å². The van der Waals surface area contributed by atoms with Gasteiger partial charge in [-0.1, -0.05) is 23.8 Å². The van der Waals surface area contributed by atoms with Crippen LogP contribution in [0.25, 0.3) is 11.1 Å². The zero-order valence-corrected chi connectivity index (χ0v) is 13.9. The minimum atomic E-state index is -3.49. The van der Waals surface area contributed by atoms with Crippen molar-refractivity contribution in [2.24, 2.45) is 0 Å². The standard InChI is InChI=1S/C17H16O5S/c1-10-4-5-13-12(6-10)9-23(19,20)16-8-15(22-17(18)21-3)11(2)7-14(13)16/h4-8H,9H2,1-3H3. The van der Waals surface area contributed by atoms with E-state index in [0.29, 0.717) is 11.1 Å². The van der Waals surface area contributed by atoms with Crippen molar-refractivity contribution >= 4 is 16.0 Å². The SMILES string of the molecule is COC(=O)Oc1cc2c(cc1C)-c1ccc(C)cc1CS2(=O)=O. The van der Waals surface area contributed by atoms with Crippen molar-refractivity contribution in [3.05, 3.63) is 47.0 Å². The summed E-state index contributed by atoms with van der Waals surface area (Å²) in [6, 6.07) is 8.91. The predicted molar refractivity (Wildman–Crippen MR) is 85.3 cm³/mol. The van der Waals surface area contributed by atoms with E-state index in [-0.39, 0.29) is 16.4 Å². The third kappa shape index (κ3) is 2.70. The quantitative estimate of drug-likeness (QED) is 0.591. The fourth-order valence-electron chi connectivity index (χ4n) is 2.77. The molecule has 0 aromatic heterocycles. The number of hydrogen-bond acceptors (Lipinski definition) is 5. The number of benzene rings is 2. The number of fused-ring (bicyclic) bond motifs is 3. The monoisotopic (exact) mass is 332 g/mol. The van der Waals surface area contributed by atoms with E-state index in [1.165, 1.54) is 13.2 Å². The maximum atomic E-state index is 12.6. The van der Waals surface area contributed by atoms with Gasteiger partial charge in [-0.25, -0.2) is 13.2 Å². The second kappa shape index (κ2) is 5.38. The first-order valence-electron chi connectivity index (χ1n) is 7.05. The molecule has 0 aliphatic carbocycles. The molecule has 6 heteroatoms. The molecule has 0 saturated carbocycles. The molecular formula is C17H16O5S. The Kier molecular flexibility index (Phi) is 3.64. The lowest BCUT2D eigenvalue weighted by atomic mass is 9.96. The third-order valence-electron chi connectivity index (χ3n) is 3.87. The molecule has 0 saturated heterocycles. The summed E-state index contributed by atoms with van der Waals surface area (Å²) in [4.78, 5) is 11.5. The van der Waals surface area contributed by atoms with Crippen molar-refractivity contribution in [1.29, 1.82) is 0 Å². The molecule has 23 heavy (non-hydrogen) atoms. The number of methoxy groups -OCH3 is 1. The molecule has 5 nitrogen and oxygen atoms in total. The lowest BCUT2D eigenvalue weighted by Gasteiger charge is -2.22. The first kappa shape index (κ1) is 15.6. The fourth-order valence-corrected chi connectivity index (χ4v) is 4.36. The first-order chi connectivity index (χ1) is 10.8. The van der Waals surface area contributed by atoms with Gasteiger partial charge in [0.2, 0.25) is 0 Å². The van der Waals surface area contributed by atoms with Gasteiger partial charge in [0.25, 0.3) is 0 Å². The van der Waals surface area contributed by atoms with Gasteiger partial charge >= 0.3 is 6.16 Å². The summed E-state index contributed by atoms with van der Waals surface area (Å²) in [6.07, 6.45) is -0.878. The van der Waals surface area contributed by atoms with E-state index in [0.717, 1.165) is 16.7 Å². The Morgan fingerprint density at radius 2 is 1.83 bits per heavy atom. The Balaban J connectivity index is 2.22. The van der Waals surface area contributed by atoms with Crippen molar-refractivity contribution in [2.75, 3.05) is 7.11 Å². The maximum absolute atomic E-state index is 12.6. The summed E-state index contributed by atoms with van der Waals surface area (Å²) in [5.74, 6) is 0.132. The Morgan fingerprint density at radius 1 is 1.09 bits per heavy atom. The highest BCUT2D eigenvalue weighted by Gasteiger charge is 2.29. The Bertz CT molecular complexity index is 913. The molecule has 0 N–H and O–H groups in total. The molecule has 1 heterocycles. The molecule has 3 rings (SSSR count). The summed E-state index contributed by atoms with van der Waals surface area (Å²) in [6.45, 7) is 3.69. The van der Waals surface area contributed by atoms with Gasteiger partial charge in [-0.2, -0.15) is 0 Å². The molecule has 2 aromatic carbocycles. The molecule has 0 amide bonds. The largest absolute Gasteiger partial charge is 0.513 e. The molecule has 1 aliphatic heterocycles. The van der Waals surface area contributed by atoms with E-state index in [1.54, 1.807) is 13.0 Å². The highest BCUT2D eigenvalue weighted by atomic mass is 32.2. The molecule has 120 valence electrons. The van der Waals surface area contributed by atoms with Crippen LogP contribution in [0, 0.1) is 13.8 Å². The van der Waals surface area contributed by atoms with Crippen LogP contribution in [-0.4, -0.2) is 21.7 Å². The van der Waals surface area contributed by atoms with Crippen LogP contribution in [0.5, 0.6) is 5.75 Å². The van der Waals surface area contributed by atoms with Crippen LogP contribution in [0.4, 0.5) is 4.79 Å². The summed E-state index contributed by atoms with van der Waals surface area (Å²) < 4.78 is 34.7. The minimum Gasteiger partial charge on any atom is -0.437 e. The Hall–Kier alpha value is -2.34. The van der Waals surface area contributed by atoms with Crippen LogP contribution in [0.15, 0.2) is 35.2 Å². The average Bonchev–Trinajstić information content (AvgIpc) is 2.47. The van der Waals surface area contributed by atoms with Gasteiger partial charge in [-0.15, -0.1) is 0 Å². The minimum absolute atomic E-state index is 0.0578. The number of rotatable bonds is 1. The third-order valence-corrected chi connectivity index (χ3v) is 5.57. The Labute approximate surface area is 134 Å². The van der Waals surface area contributed by atoms with Crippen molar-refractivity contribution in [3.8, 4) is 16.9 Å². The first-order valence-corrected chi connectivity index (χ1v) is 8.70. The van der Waals surface area contributed by atoms with Crippen LogP contribution in [-0.2, 0) is 20.3 Å². The number of aryl methyl sites for hydroxylation is 2. The summed E-state index contributed by atoms with van der Waals surface area (Å²) in [7, 11) is -2.29. The number of sulfone groups is 1. The van der Waals surface area contributed by atoms with Crippen molar-refractivity contribution in [2.45, 2.75) is 24.5 Å². The normalized spacial score (nSPS) is 14.6. The summed E-state index contributed by atoms with van der Waals surface area (Å²) in [5, 5.41) is 0. The van der Waals surface area contributed by atoms with Crippen LogP contribution in [0.3, 0.4) is 0 Å². The number of carbonyl (C=O) groups is 1. The molecule has 0 radical (unpaired) electrons. The molecule has 1 aliphatic rings. The topological polar surface area (TPSA) is 69.7 Å². The van der Waals surface area contributed by atoms with E-state index >= 15 is 0 Å². The number of carbonyl (C=O) groups excluding carboxylic acids is 1. The second-order valence-corrected chi connectivity index (χ2v) is 7.55. The Morgan fingerprint density at radius 3 is 2.52 bits per heavy atom. The molecule has 2 aromatic rings. The summed E-state index contributed by atoms with van der Waals surface area (Å²) >= 11 is 0. The highest BCUT2D eigenvalue weighted by molar-refractivity contribution is 7.90. The maximum Gasteiger partial charge on any atom is 0.513 e. The molecular weight excluding hydrogens is 316 g/mol. The van der Waals surface area contributed by atoms with Crippen molar-refractivity contribution in [1.82, 2.24) is 0 Å². The zero-order chi connectivity index (χ0) is 16.8. The lowest BCUT2D eigenvalue weighted by molar-refractivity contribution is 0.121. The highest BCUT2D eigenvalue weighted by Crippen LogP contribution is 2.41. The zero-order valence-electron chi connectivity index (χ0n) is 13.0. The van der Waals surface area contributed by atoms with E-state index < -0.39 is 16.0 Å². The van der Waals surface area contributed by atoms with Gasteiger partial charge in [0.05, 0.1) is 17.8 Å². The smallest absolute Gasteiger partial charge is 0.437 e. The number of ether oxygens (including phenoxy) is 2. The van der Waals surface area contributed by atoms with Gasteiger partial charge in [0.1, 0.15) is 5.75 Å². The van der Waals surface area contributed by atoms with E-state index in [2.05, 4.69) is 4.74 Å². The molecule has 0 bridgehead atoms. The predicted octanol–water partition coefficient (Wildman–Crippen LogP) is 3.40. The van der Waals surface area contributed by atoms with Crippen LogP contribution < -0.4 is 4.74 Å². The average molecular weight is 332 g/mol. The van der Waals surface area contributed by atoms with E-state index in [1.807, 2.05) is 25.1 Å². The summed E-state index contributed by atoms with van der Waals surface area (Å²) in [5.41, 5.74) is 4.01. The molecule has 0 unspecified atom stereocenters. The van der Waals surface area contributed by atoms with Crippen LogP contribution in [0.2, 0.25) is 0 Å². The number of hydrogen-bond donors (Lipinski definition) is 0. The lowest BCUT2D eigenvalue weighted by Crippen LogP contribution is -2.15. The van der Waals surface area contributed by atoms with Gasteiger partial charge in [0, 0.05) is 11.6 Å². The fraction of sp³-hybridized carbons (Fsp3) is 0.235. The van der Waals surface area contributed by atoms with Crippen LogP contribution >= 0.6 is 0 Å². The van der Waals surface area contributed by atoms with Gasteiger partial charge in [0.15, 0.2) is 9.84 Å². The van der Waals surface area contributed by atoms with Gasteiger partial charge in [-0.05, 0) is 36.6 Å².